The molecule has 2 heterocycles. The van der Waals surface area contributed by atoms with Crippen molar-refractivity contribution in [2.24, 2.45) is 0 Å². The molecule has 0 aromatic carbocycles. The van der Waals surface area contributed by atoms with Crippen molar-refractivity contribution in [3.05, 3.63) is 11.3 Å². The molecule has 0 saturated heterocycles. The molecule has 0 unspecified atom stereocenters. The van der Waals surface area contributed by atoms with E-state index in [2.05, 4.69) is 51.3 Å². The van der Waals surface area contributed by atoms with Gasteiger partial charge in [-0.05, 0) is 48.0 Å². The van der Waals surface area contributed by atoms with E-state index in [0.29, 0.717) is 12.3 Å². The number of nitrogens with zero attached hydrogens (tertiary/aromatic N) is 2. The zero-order chi connectivity index (χ0) is 13.7. The highest BCUT2D eigenvalue weighted by Gasteiger charge is 2.39. The fraction of sp³-hybridized carbons (Fsp3) is 0.800. The van der Waals surface area contributed by atoms with Gasteiger partial charge in [-0.25, -0.2) is 0 Å². The molecular formula is C15H26N2O. The van der Waals surface area contributed by atoms with Gasteiger partial charge in [-0.1, -0.05) is 0 Å². The second-order valence-electron chi connectivity index (χ2n) is 7.45. The van der Waals surface area contributed by atoms with Crippen LogP contribution in [0.4, 0.5) is 0 Å². The molecule has 0 aliphatic carbocycles. The zero-order valence-corrected chi connectivity index (χ0v) is 12.6. The van der Waals surface area contributed by atoms with E-state index in [0.717, 1.165) is 25.1 Å². The monoisotopic (exact) mass is 250 g/mol. The predicted octanol–water partition coefficient (Wildman–Crippen LogP) is 2.43. The lowest BCUT2D eigenvalue weighted by molar-refractivity contribution is -0.118. The fourth-order valence-electron chi connectivity index (χ4n) is 2.87. The van der Waals surface area contributed by atoms with Crippen LogP contribution in [0.2, 0.25) is 0 Å². The molecule has 0 atom stereocenters. The van der Waals surface area contributed by atoms with Crippen LogP contribution in [0.5, 0.6) is 0 Å². The minimum absolute atomic E-state index is 0.0559. The standard InChI is InChI=1S/C15H26N2O/c1-14(2,3)16-9-12-11(13(18)10-16)7-8-17(12)15(4,5)6/h7-10H2,1-6H3. The van der Waals surface area contributed by atoms with Gasteiger partial charge in [0, 0.05) is 35.4 Å². The second-order valence-corrected chi connectivity index (χ2v) is 7.45. The molecule has 0 aromatic heterocycles. The van der Waals surface area contributed by atoms with Gasteiger partial charge in [-0.3, -0.25) is 9.69 Å². The number of carbonyl (C=O) groups excluding carboxylic acids is 1. The van der Waals surface area contributed by atoms with Crippen molar-refractivity contribution in [3.8, 4) is 0 Å². The van der Waals surface area contributed by atoms with Crippen LogP contribution in [0.25, 0.3) is 0 Å². The summed E-state index contributed by atoms with van der Waals surface area (Å²) >= 11 is 0. The summed E-state index contributed by atoms with van der Waals surface area (Å²) in [5.74, 6) is 0.331. The first-order valence-corrected chi connectivity index (χ1v) is 6.88. The maximum atomic E-state index is 12.3. The van der Waals surface area contributed by atoms with Crippen molar-refractivity contribution in [1.82, 2.24) is 9.80 Å². The third kappa shape index (κ3) is 2.33. The number of carbonyl (C=O) groups is 1. The Morgan fingerprint density at radius 1 is 0.944 bits per heavy atom. The molecule has 0 fully saturated rings. The normalized spacial score (nSPS) is 22.8. The van der Waals surface area contributed by atoms with Gasteiger partial charge in [0.25, 0.3) is 0 Å². The maximum Gasteiger partial charge on any atom is 0.174 e. The molecule has 18 heavy (non-hydrogen) atoms. The van der Waals surface area contributed by atoms with E-state index in [1.807, 2.05) is 0 Å². The highest BCUT2D eigenvalue weighted by atomic mass is 16.1. The molecule has 0 bridgehead atoms. The van der Waals surface area contributed by atoms with Crippen LogP contribution in [0, 0.1) is 0 Å². The summed E-state index contributed by atoms with van der Waals surface area (Å²) in [5, 5.41) is 0. The number of ketones is 1. The Hall–Kier alpha value is -0.830. The van der Waals surface area contributed by atoms with E-state index in [1.54, 1.807) is 0 Å². The minimum atomic E-state index is 0.0559. The SMILES string of the molecule is CC(C)(C)N1CC(=O)C2=C(C1)N(C(C)(C)C)CC2. The largest absolute Gasteiger partial charge is 0.368 e. The van der Waals surface area contributed by atoms with Crippen molar-refractivity contribution in [2.75, 3.05) is 19.6 Å². The predicted molar refractivity (Wildman–Crippen MR) is 74.4 cm³/mol. The Labute approximate surface area is 111 Å². The van der Waals surface area contributed by atoms with Gasteiger partial charge in [-0.15, -0.1) is 0 Å². The van der Waals surface area contributed by atoms with Gasteiger partial charge in [0.15, 0.2) is 5.78 Å². The summed E-state index contributed by atoms with van der Waals surface area (Å²) in [7, 11) is 0. The highest BCUT2D eigenvalue weighted by molar-refractivity contribution is 5.99. The average molecular weight is 250 g/mol. The molecule has 2 aliphatic heterocycles. The van der Waals surface area contributed by atoms with Crippen LogP contribution in [0.1, 0.15) is 48.0 Å². The van der Waals surface area contributed by atoms with Gasteiger partial charge in [0.2, 0.25) is 0 Å². The molecule has 102 valence electrons. The summed E-state index contributed by atoms with van der Waals surface area (Å²) in [6.07, 6.45) is 0.934. The average Bonchev–Trinajstić information content (AvgIpc) is 2.59. The minimum Gasteiger partial charge on any atom is -0.368 e. The molecule has 0 radical (unpaired) electrons. The van der Waals surface area contributed by atoms with Crippen molar-refractivity contribution in [1.29, 1.82) is 0 Å². The Bertz CT molecular complexity index is 396. The molecule has 2 aliphatic rings. The molecule has 3 heteroatoms. The van der Waals surface area contributed by atoms with Crippen molar-refractivity contribution in [3.63, 3.8) is 0 Å². The molecule has 0 amide bonds. The summed E-state index contributed by atoms with van der Waals surface area (Å²) < 4.78 is 0. The van der Waals surface area contributed by atoms with Crippen molar-refractivity contribution in [2.45, 2.75) is 59.0 Å². The summed E-state index contributed by atoms with van der Waals surface area (Å²) in [4.78, 5) is 17.0. The van der Waals surface area contributed by atoms with Crippen molar-refractivity contribution >= 4 is 5.78 Å². The Morgan fingerprint density at radius 2 is 1.56 bits per heavy atom. The van der Waals surface area contributed by atoms with Crippen LogP contribution in [-0.2, 0) is 4.79 Å². The van der Waals surface area contributed by atoms with Crippen molar-refractivity contribution < 1.29 is 4.79 Å². The zero-order valence-electron chi connectivity index (χ0n) is 12.6. The molecule has 0 N–H and O–H groups in total. The third-order valence-corrected chi connectivity index (χ3v) is 4.03. The second kappa shape index (κ2) is 4.09. The summed E-state index contributed by atoms with van der Waals surface area (Å²) in [6, 6.07) is 0. The lowest BCUT2D eigenvalue weighted by Gasteiger charge is -2.43. The number of rotatable bonds is 0. The van der Waals surface area contributed by atoms with Crippen LogP contribution in [0.3, 0.4) is 0 Å². The Balaban J connectivity index is 2.31. The highest BCUT2D eigenvalue weighted by Crippen LogP contribution is 2.35. The lowest BCUT2D eigenvalue weighted by atomic mass is 9.97. The van der Waals surface area contributed by atoms with E-state index < -0.39 is 0 Å². The van der Waals surface area contributed by atoms with E-state index in [9.17, 15) is 4.79 Å². The summed E-state index contributed by atoms with van der Waals surface area (Å²) in [5.41, 5.74) is 2.53. The smallest absolute Gasteiger partial charge is 0.174 e. The van der Waals surface area contributed by atoms with Crippen LogP contribution in [-0.4, -0.2) is 46.3 Å². The first kappa shape index (κ1) is 13.6. The first-order chi connectivity index (χ1) is 8.10. The van der Waals surface area contributed by atoms with Gasteiger partial charge >= 0.3 is 0 Å². The topological polar surface area (TPSA) is 23.6 Å². The Kier molecular flexibility index (Phi) is 3.09. The number of Topliss-reactive ketones (excluding diaryl/α,β-unsaturated/α-hetero) is 1. The molecule has 3 nitrogen and oxygen atoms in total. The van der Waals surface area contributed by atoms with E-state index >= 15 is 0 Å². The van der Waals surface area contributed by atoms with Gasteiger partial charge in [0.05, 0.1) is 6.54 Å². The van der Waals surface area contributed by atoms with Crippen LogP contribution >= 0.6 is 0 Å². The maximum absolute atomic E-state index is 12.3. The number of hydrogen-bond donors (Lipinski definition) is 0. The first-order valence-electron chi connectivity index (χ1n) is 6.88. The van der Waals surface area contributed by atoms with Gasteiger partial charge in [0.1, 0.15) is 0 Å². The van der Waals surface area contributed by atoms with Crippen LogP contribution in [0.15, 0.2) is 11.3 Å². The molecular weight excluding hydrogens is 224 g/mol. The quantitative estimate of drug-likeness (QED) is 0.659. The lowest BCUT2D eigenvalue weighted by Crippen LogP contribution is -2.51. The van der Waals surface area contributed by atoms with Gasteiger partial charge < -0.3 is 4.90 Å². The molecule has 0 aromatic rings. The summed E-state index contributed by atoms with van der Waals surface area (Å²) in [6.45, 7) is 15.7. The Morgan fingerprint density at radius 3 is 2.06 bits per heavy atom. The van der Waals surface area contributed by atoms with Crippen LogP contribution < -0.4 is 0 Å². The van der Waals surface area contributed by atoms with E-state index in [4.69, 9.17) is 0 Å². The van der Waals surface area contributed by atoms with E-state index in [-0.39, 0.29) is 11.1 Å². The van der Waals surface area contributed by atoms with E-state index in [1.165, 1.54) is 5.70 Å². The molecule has 2 rings (SSSR count). The number of hydrogen-bond acceptors (Lipinski definition) is 3. The molecule has 0 spiro atoms. The third-order valence-electron chi connectivity index (χ3n) is 4.03. The fourth-order valence-corrected chi connectivity index (χ4v) is 2.87. The molecule has 0 saturated carbocycles. The van der Waals surface area contributed by atoms with Gasteiger partial charge in [-0.2, -0.15) is 0 Å².